The first-order valence-electron chi connectivity index (χ1n) is 8.69. The van der Waals surface area contributed by atoms with Gasteiger partial charge in [0, 0.05) is 0 Å². The summed E-state index contributed by atoms with van der Waals surface area (Å²) in [6, 6.07) is 17.5. The molecule has 0 aliphatic carbocycles. The summed E-state index contributed by atoms with van der Waals surface area (Å²) in [4.78, 5) is 0. The van der Waals surface area contributed by atoms with E-state index in [9.17, 15) is 4.39 Å². The fourth-order valence-corrected chi connectivity index (χ4v) is 11.5. The molecule has 0 unspecified atom stereocenters. The van der Waals surface area contributed by atoms with Crippen LogP contribution in [0.1, 0.15) is 30.4 Å². The van der Waals surface area contributed by atoms with E-state index in [0.29, 0.717) is 9.59 Å². The molecule has 3 rings (SSSR count). The van der Waals surface area contributed by atoms with Crippen molar-refractivity contribution in [3.63, 3.8) is 0 Å². The third-order valence-corrected chi connectivity index (χ3v) is 12.9. The molecule has 0 spiro atoms. The first-order valence-corrected chi connectivity index (χ1v) is 15.4. The van der Waals surface area contributed by atoms with Crippen LogP contribution in [0.25, 0.3) is 0 Å². The maximum absolute atomic E-state index is 13.2. The summed E-state index contributed by atoms with van der Waals surface area (Å²) in [6.45, 7) is 4.08. The number of benzene rings is 2. The van der Waals surface area contributed by atoms with Crippen molar-refractivity contribution in [1.82, 2.24) is 5.32 Å². The van der Waals surface area contributed by atoms with Gasteiger partial charge in [0.05, 0.1) is 0 Å². The van der Waals surface area contributed by atoms with Gasteiger partial charge in [-0.05, 0) is 0 Å². The first kappa shape index (κ1) is 17.7. The van der Waals surface area contributed by atoms with Crippen LogP contribution in [0.3, 0.4) is 0 Å². The van der Waals surface area contributed by atoms with Crippen LogP contribution < -0.4 is 5.32 Å². The molecule has 2 atom stereocenters. The molecular formula is C20H24FInN2. The Morgan fingerprint density at radius 2 is 1.79 bits per heavy atom. The Morgan fingerprint density at radius 3 is 2.50 bits per heavy atom. The maximum atomic E-state index is 13.2. The van der Waals surface area contributed by atoms with Crippen molar-refractivity contribution in [2.24, 2.45) is 2.98 Å². The van der Waals surface area contributed by atoms with E-state index in [-0.39, 0.29) is 5.82 Å². The quantitative estimate of drug-likeness (QED) is 0.674. The molecule has 0 aromatic heterocycles. The molecular weight excluding hydrogens is 402 g/mol. The van der Waals surface area contributed by atoms with Crippen molar-refractivity contribution in [2.45, 2.75) is 34.2 Å². The number of rotatable bonds is 6. The predicted molar refractivity (Wildman–Crippen MR) is 100 cm³/mol. The number of nitrogens with zero attached hydrogens (tertiary/aromatic N) is 1. The predicted octanol–water partition coefficient (Wildman–Crippen LogP) is 4.56. The van der Waals surface area contributed by atoms with Crippen molar-refractivity contribution >= 4 is 27.4 Å². The van der Waals surface area contributed by atoms with Gasteiger partial charge in [-0.15, -0.1) is 0 Å². The summed E-state index contributed by atoms with van der Waals surface area (Å²) in [5.74, 6) is 0.235. The Morgan fingerprint density at radius 1 is 1.08 bits per heavy atom. The van der Waals surface area contributed by atoms with Gasteiger partial charge in [0.15, 0.2) is 0 Å². The molecule has 0 saturated carbocycles. The molecule has 124 valence electrons. The Bertz CT molecular complexity index is 685. The van der Waals surface area contributed by atoms with Gasteiger partial charge < -0.3 is 0 Å². The number of hydrogen-bond acceptors (Lipinski definition) is 2. The van der Waals surface area contributed by atoms with E-state index < -0.39 is 21.7 Å². The van der Waals surface area contributed by atoms with E-state index in [1.807, 2.05) is 18.2 Å². The summed E-state index contributed by atoms with van der Waals surface area (Å²) in [5, 5.41) is 3.57. The van der Waals surface area contributed by atoms with Crippen molar-refractivity contribution in [3.05, 3.63) is 71.5 Å². The molecule has 2 aromatic rings. The summed E-state index contributed by atoms with van der Waals surface area (Å²) >= 11 is -1.86. The van der Waals surface area contributed by atoms with Crippen LogP contribution in [-0.4, -0.2) is 34.0 Å². The summed E-state index contributed by atoms with van der Waals surface area (Å²) in [6.07, 6.45) is 1.16. The minimum atomic E-state index is -1.86. The average Bonchev–Trinajstić information content (AvgIpc) is 2.87. The van der Waals surface area contributed by atoms with Crippen LogP contribution >= 0.6 is 0 Å². The van der Waals surface area contributed by atoms with E-state index in [1.165, 1.54) is 16.8 Å². The molecule has 1 aliphatic heterocycles. The van der Waals surface area contributed by atoms with Crippen LogP contribution in [-0.2, 0) is 6.54 Å². The second-order valence-corrected chi connectivity index (χ2v) is 14.1. The average molecular weight is 426 g/mol. The monoisotopic (exact) mass is 426 g/mol. The normalized spacial score (nSPS) is 20.3. The molecule has 2 nitrogen and oxygen atoms in total. The molecule has 0 bridgehead atoms. The molecule has 0 fully saturated rings. The van der Waals surface area contributed by atoms with Gasteiger partial charge in [-0.1, -0.05) is 0 Å². The Kier molecular flexibility index (Phi) is 6.12. The zero-order chi connectivity index (χ0) is 16.9. The van der Waals surface area contributed by atoms with Gasteiger partial charge in [-0.2, -0.15) is 0 Å². The first-order chi connectivity index (χ1) is 11.6. The molecule has 1 aliphatic rings. The van der Waals surface area contributed by atoms with E-state index in [2.05, 4.69) is 41.2 Å². The molecule has 2 aromatic carbocycles. The summed E-state index contributed by atoms with van der Waals surface area (Å²) < 4.78 is 21.3. The van der Waals surface area contributed by atoms with Crippen molar-refractivity contribution in [2.75, 3.05) is 6.54 Å². The van der Waals surface area contributed by atoms with E-state index in [0.717, 1.165) is 19.5 Å². The number of halogens is 1. The van der Waals surface area contributed by atoms with Crippen LogP contribution in [0.15, 0.2) is 57.6 Å². The zero-order valence-electron chi connectivity index (χ0n) is 14.4. The zero-order valence-corrected chi connectivity index (χ0v) is 17.7. The standard InChI is InChI=1S/C19H21FN2.CH3.In/c1-15(21)19(17-9-11-18(20)12-10-17)8-5-13-22-14-16-6-3-2-4-7-16;;/h2-4,6-12,19,22H,5,13-14H2,1H3;1H3;/q-1;;+1/t19-;;/m0../s1. The summed E-state index contributed by atoms with van der Waals surface area (Å²) in [5.41, 5.74) is 3.81. The van der Waals surface area contributed by atoms with E-state index in [4.69, 9.17) is 2.98 Å². The second-order valence-electron chi connectivity index (χ2n) is 6.66. The topological polar surface area (TPSA) is 24.4 Å². The van der Waals surface area contributed by atoms with Gasteiger partial charge in [-0.25, -0.2) is 0 Å². The van der Waals surface area contributed by atoms with Gasteiger partial charge in [0.25, 0.3) is 0 Å². The van der Waals surface area contributed by atoms with Crippen molar-refractivity contribution in [1.29, 1.82) is 0 Å². The number of hydrogen-bond donors (Lipinski definition) is 1. The third-order valence-electron chi connectivity index (χ3n) is 4.96. The van der Waals surface area contributed by atoms with Crippen LogP contribution in [0, 0.1) is 5.82 Å². The molecule has 1 heterocycles. The van der Waals surface area contributed by atoms with Gasteiger partial charge in [0.1, 0.15) is 0 Å². The van der Waals surface area contributed by atoms with Crippen molar-refractivity contribution in [3.8, 4) is 0 Å². The molecule has 0 saturated heterocycles. The molecule has 0 amide bonds. The SMILES string of the molecule is CC1=[N][In]([CH3])[C@H](CCNCc2ccccc2)[C@@H]1c1ccc(F)cc1. The molecule has 1 N–H and O–H groups in total. The van der Waals surface area contributed by atoms with Crippen LogP contribution in [0.5, 0.6) is 0 Å². The molecule has 0 radical (unpaired) electrons. The van der Waals surface area contributed by atoms with Gasteiger partial charge in [-0.3, -0.25) is 0 Å². The minimum absolute atomic E-state index is 0.163. The second kappa shape index (κ2) is 8.30. The fourth-order valence-electron chi connectivity index (χ4n) is 3.75. The van der Waals surface area contributed by atoms with Crippen LogP contribution in [0.4, 0.5) is 4.39 Å². The van der Waals surface area contributed by atoms with Gasteiger partial charge in [0.2, 0.25) is 0 Å². The van der Waals surface area contributed by atoms with E-state index >= 15 is 0 Å². The Labute approximate surface area is 152 Å². The number of nitrogens with one attached hydrogen (secondary N) is 1. The van der Waals surface area contributed by atoms with Gasteiger partial charge >= 0.3 is 152 Å². The Balaban J connectivity index is 1.59. The summed E-state index contributed by atoms with van der Waals surface area (Å²) in [7, 11) is 0. The Hall–Kier alpha value is -1.13. The van der Waals surface area contributed by atoms with Crippen LogP contribution in [0.2, 0.25) is 8.35 Å². The van der Waals surface area contributed by atoms with E-state index in [1.54, 1.807) is 12.1 Å². The molecule has 4 heteroatoms. The fraction of sp³-hybridized carbons (Fsp3) is 0.350. The van der Waals surface area contributed by atoms with Crippen molar-refractivity contribution < 1.29 is 4.39 Å². The molecule has 24 heavy (non-hydrogen) atoms. The third kappa shape index (κ3) is 4.28.